The van der Waals surface area contributed by atoms with Gasteiger partial charge in [-0.2, -0.15) is 0 Å². The van der Waals surface area contributed by atoms with Gasteiger partial charge in [0.05, 0.1) is 0 Å². The smallest absolute Gasteiger partial charge is 0.225 e. The molecule has 0 bridgehead atoms. The number of amides is 2. The highest BCUT2D eigenvalue weighted by atomic mass is 16.2. The number of nitrogens with zero attached hydrogens (tertiary/aromatic N) is 1. The summed E-state index contributed by atoms with van der Waals surface area (Å²) in [5, 5.41) is 3.39. The van der Waals surface area contributed by atoms with Gasteiger partial charge < -0.3 is 10.2 Å². The van der Waals surface area contributed by atoms with Crippen LogP contribution < -0.4 is 5.32 Å². The molecule has 2 aliphatic carbocycles. The van der Waals surface area contributed by atoms with E-state index in [0.29, 0.717) is 35.6 Å². The predicted molar refractivity (Wildman–Crippen MR) is 95.3 cm³/mol. The van der Waals surface area contributed by atoms with Gasteiger partial charge >= 0.3 is 0 Å². The molecular formula is C20H34N2O2. The lowest BCUT2D eigenvalue weighted by Gasteiger charge is -2.39. The Morgan fingerprint density at radius 3 is 2.21 bits per heavy atom. The Morgan fingerprint density at radius 1 is 0.958 bits per heavy atom. The topological polar surface area (TPSA) is 49.4 Å². The van der Waals surface area contributed by atoms with Gasteiger partial charge in [-0.05, 0) is 56.3 Å². The quantitative estimate of drug-likeness (QED) is 0.858. The van der Waals surface area contributed by atoms with Crippen molar-refractivity contribution >= 4 is 11.8 Å². The molecule has 0 aromatic carbocycles. The van der Waals surface area contributed by atoms with Crippen molar-refractivity contribution < 1.29 is 9.59 Å². The van der Waals surface area contributed by atoms with E-state index in [4.69, 9.17) is 0 Å². The molecule has 4 heteroatoms. The molecule has 0 radical (unpaired) electrons. The SMILES string of the molecule is CC(C)[C@H]1CC[C@@H](C)C[C@@H]1NC(=O)C1CCN(C(=O)C2CC2)CC1. The maximum atomic E-state index is 12.7. The summed E-state index contributed by atoms with van der Waals surface area (Å²) in [5.74, 6) is 2.91. The lowest BCUT2D eigenvalue weighted by atomic mass is 9.74. The van der Waals surface area contributed by atoms with E-state index in [1.165, 1.54) is 12.8 Å². The van der Waals surface area contributed by atoms with Crippen molar-refractivity contribution in [2.45, 2.75) is 71.8 Å². The molecule has 3 atom stereocenters. The van der Waals surface area contributed by atoms with Gasteiger partial charge in [-0.1, -0.05) is 27.2 Å². The lowest BCUT2D eigenvalue weighted by molar-refractivity contribution is -0.137. The molecule has 136 valence electrons. The van der Waals surface area contributed by atoms with Crippen LogP contribution in [0.25, 0.3) is 0 Å². The molecule has 1 N–H and O–H groups in total. The first-order valence-corrected chi connectivity index (χ1v) is 10.0. The van der Waals surface area contributed by atoms with Crippen LogP contribution in [0.3, 0.4) is 0 Å². The van der Waals surface area contributed by atoms with Crippen LogP contribution in [0.5, 0.6) is 0 Å². The molecular weight excluding hydrogens is 300 g/mol. The van der Waals surface area contributed by atoms with Gasteiger partial charge in [0, 0.05) is 31.0 Å². The second kappa shape index (κ2) is 7.45. The van der Waals surface area contributed by atoms with Gasteiger partial charge in [-0.3, -0.25) is 9.59 Å². The van der Waals surface area contributed by atoms with Crippen LogP contribution in [-0.4, -0.2) is 35.8 Å². The Hall–Kier alpha value is -1.06. The Morgan fingerprint density at radius 2 is 1.62 bits per heavy atom. The largest absolute Gasteiger partial charge is 0.353 e. The molecule has 0 spiro atoms. The first kappa shape index (κ1) is 17.8. The molecule has 3 fully saturated rings. The van der Waals surface area contributed by atoms with Crippen LogP contribution in [0, 0.1) is 29.6 Å². The van der Waals surface area contributed by atoms with E-state index < -0.39 is 0 Å². The molecule has 0 aromatic heterocycles. The number of rotatable bonds is 4. The van der Waals surface area contributed by atoms with E-state index in [2.05, 4.69) is 26.1 Å². The fraction of sp³-hybridized carbons (Fsp3) is 0.900. The zero-order chi connectivity index (χ0) is 17.3. The minimum absolute atomic E-state index is 0.0956. The van der Waals surface area contributed by atoms with Gasteiger partial charge in [0.1, 0.15) is 0 Å². The molecule has 24 heavy (non-hydrogen) atoms. The number of hydrogen-bond donors (Lipinski definition) is 1. The highest BCUT2D eigenvalue weighted by Gasteiger charge is 2.37. The molecule has 1 heterocycles. The number of nitrogens with one attached hydrogen (secondary N) is 1. The average Bonchev–Trinajstić information content (AvgIpc) is 3.39. The molecule has 3 rings (SSSR count). The Kier molecular flexibility index (Phi) is 5.51. The summed E-state index contributed by atoms with van der Waals surface area (Å²) in [6, 6.07) is 0.340. The predicted octanol–water partition coefficient (Wildman–Crippen LogP) is 3.21. The third kappa shape index (κ3) is 4.12. The van der Waals surface area contributed by atoms with Gasteiger partial charge in [0.25, 0.3) is 0 Å². The van der Waals surface area contributed by atoms with Crippen LogP contribution in [-0.2, 0) is 9.59 Å². The second-order valence-electron chi connectivity index (χ2n) is 8.82. The van der Waals surface area contributed by atoms with Gasteiger partial charge in [0.2, 0.25) is 11.8 Å². The first-order valence-electron chi connectivity index (χ1n) is 10.0. The van der Waals surface area contributed by atoms with E-state index >= 15 is 0 Å². The highest BCUT2D eigenvalue weighted by molar-refractivity contribution is 5.82. The molecule has 4 nitrogen and oxygen atoms in total. The van der Waals surface area contributed by atoms with Gasteiger partial charge in [-0.15, -0.1) is 0 Å². The van der Waals surface area contributed by atoms with Crippen molar-refractivity contribution in [3.05, 3.63) is 0 Å². The summed E-state index contributed by atoms with van der Waals surface area (Å²) in [4.78, 5) is 26.9. The Balaban J connectivity index is 1.50. The molecule has 0 aromatic rings. The minimum atomic E-state index is 0.0956. The van der Waals surface area contributed by atoms with Gasteiger partial charge in [0.15, 0.2) is 0 Å². The maximum absolute atomic E-state index is 12.7. The van der Waals surface area contributed by atoms with Crippen molar-refractivity contribution in [3.63, 3.8) is 0 Å². The number of carbonyl (C=O) groups excluding carboxylic acids is 2. The van der Waals surface area contributed by atoms with E-state index in [1.807, 2.05) is 4.90 Å². The van der Waals surface area contributed by atoms with Crippen LogP contribution in [0.2, 0.25) is 0 Å². The fourth-order valence-corrected chi connectivity index (χ4v) is 4.62. The third-order valence-corrected chi connectivity index (χ3v) is 6.45. The van der Waals surface area contributed by atoms with E-state index in [0.717, 1.165) is 45.2 Å². The van der Waals surface area contributed by atoms with Crippen LogP contribution in [0.15, 0.2) is 0 Å². The highest BCUT2D eigenvalue weighted by Crippen LogP contribution is 2.35. The summed E-state index contributed by atoms with van der Waals surface area (Å²) in [6.45, 7) is 8.39. The van der Waals surface area contributed by atoms with Gasteiger partial charge in [-0.25, -0.2) is 0 Å². The molecule has 3 aliphatic rings. The number of likely N-dealkylation sites (tertiary alicyclic amines) is 1. The van der Waals surface area contributed by atoms with Crippen molar-refractivity contribution in [1.82, 2.24) is 10.2 Å². The first-order chi connectivity index (χ1) is 11.5. The van der Waals surface area contributed by atoms with Crippen LogP contribution in [0.1, 0.15) is 65.7 Å². The summed E-state index contributed by atoms with van der Waals surface area (Å²) in [7, 11) is 0. The monoisotopic (exact) mass is 334 g/mol. The van der Waals surface area contributed by atoms with Crippen molar-refractivity contribution in [3.8, 4) is 0 Å². The third-order valence-electron chi connectivity index (χ3n) is 6.45. The van der Waals surface area contributed by atoms with Crippen molar-refractivity contribution in [1.29, 1.82) is 0 Å². The summed E-state index contributed by atoms with van der Waals surface area (Å²) in [6.07, 6.45) is 7.44. The molecule has 0 unspecified atom stereocenters. The lowest BCUT2D eigenvalue weighted by Crippen LogP contribution is -2.49. The number of piperidine rings is 1. The molecule has 2 amide bonds. The number of hydrogen-bond acceptors (Lipinski definition) is 2. The standard InChI is InChI=1S/C20H34N2O2/c1-13(2)17-7-4-14(3)12-18(17)21-19(23)15-8-10-22(11-9-15)20(24)16-5-6-16/h13-18H,4-12H2,1-3H3,(H,21,23)/t14-,17-,18+/m1/s1. The maximum Gasteiger partial charge on any atom is 0.225 e. The number of carbonyl (C=O) groups is 2. The summed E-state index contributed by atoms with van der Waals surface area (Å²) < 4.78 is 0. The van der Waals surface area contributed by atoms with Crippen LogP contribution >= 0.6 is 0 Å². The van der Waals surface area contributed by atoms with Crippen molar-refractivity contribution in [2.24, 2.45) is 29.6 Å². The summed E-state index contributed by atoms with van der Waals surface area (Å²) >= 11 is 0. The fourth-order valence-electron chi connectivity index (χ4n) is 4.62. The Bertz CT molecular complexity index is 464. The zero-order valence-corrected chi connectivity index (χ0v) is 15.6. The second-order valence-corrected chi connectivity index (χ2v) is 8.82. The van der Waals surface area contributed by atoms with Crippen molar-refractivity contribution in [2.75, 3.05) is 13.1 Å². The zero-order valence-electron chi connectivity index (χ0n) is 15.6. The Labute approximate surface area is 146 Å². The van der Waals surface area contributed by atoms with E-state index in [9.17, 15) is 9.59 Å². The van der Waals surface area contributed by atoms with Crippen LogP contribution in [0.4, 0.5) is 0 Å². The molecule has 1 aliphatic heterocycles. The minimum Gasteiger partial charge on any atom is -0.353 e. The van der Waals surface area contributed by atoms with E-state index in [1.54, 1.807) is 0 Å². The molecule has 1 saturated heterocycles. The molecule has 2 saturated carbocycles. The average molecular weight is 335 g/mol. The van der Waals surface area contributed by atoms with E-state index in [-0.39, 0.29) is 11.8 Å². The summed E-state index contributed by atoms with van der Waals surface area (Å²) in [5.41, 5.74) is 0. The normalized spacial score (nSPS) is 32.0.